The monoisotopic (exact) mass is 491 g/mol. The van der Waals surface area contributed by atoms with Gasteiger partial charge in [-0.3, -0.25) is 29.8 Å². The van der Waals surface area contributed by atoms with Gasteiger partial charge in [-0.1, -0.05) is 0 Å². The van der Waals surface area contributed by atoms with Crippen LogP contribution in [0.5, 0.6) is 0 Å². The number of fused-ring (bicyclic) bond motifs is 2. The standard InChI is InChI=1S/C17H25N5O10S/c1-17(2,3)31-16(27)21-11(6-7-12(21)23)14(25)19-18-13(24)10-5-4-9-8-20(10)15(26)22(9)32-33(28,29)30/h9-11H,4-8H2,1-3H3,(H,18,24)(H,19,25)(H,28,29,30)/t9-,10+,11-/m1/s1. The minimum Gasteiger partial charge on any atom is -0.443 e. The van der Waals surface area contributed by atoms with Crippen LogP contribution in [0.3, 0.4) is 0 Å². The van der Waals surface area contributed by atoms with Crippen molar-refractivity contribution in [3.05, 3.63) is 0 Å². The number of likely N-dealkylation sites (tertiary alicyclic amines) is 1. The molecule has 0 spiro atoms. The molecule has 3 heterocycles. The number of hydrazine groups is 1. The molecule has 0 aromatic carbocycles. The SMILES string of the molecule is CC(C)(C)OC(=O)N1C(=O)CC[C@@H]1C(=O)NNC(=O)[C@@H]1CC[C@@H]2CN1C(=O)N2OS(=O)(=O)O. The first kappa shape index (κ1) is 24.7. The zero-order valence-corrected chi connectivity index (χ0v) is 19.0. The molecule has 3 aliphatic heterocycles. The number of amides is 6. The third-order valence-electron chi connectivity index (χ3n) is 5.21. The Labute approximate surface area is 189 Å². The van der Waals surface area contributed by atoms with Crippen LogP contribution in [0.25, 0.3) is 0 Å². The van der Waals surface area contributed by atoms with Gasteiger partial charge in [-0.05, 0) is 40.0 Å². The van der Waals surface area contributed by atoms with E-state index in [1.54, 1.807) is 20.8 Å². The minimum absolute atomic E-state index is 0.0239. The van der Waals surface area contributed by atoms with Crippen LogP contribution in [-0.4, -0.2) is 88.0 Å². The van der Waals surface area contributed by atoms with E-state index in [2.05, 4.69) is 15.1 Å². The lowest BCUT2D eigenvalue weighted by atomic mass is 10.0. The second-order valence-electron chi connectivity index (χ2n) is 8.79. The van der Waals surface area contributed by atoms with Gasteiger partial charge in [0.25, 0.3) is 11.8 Å². The number of nitrogens with zero attached hydrogens (tertiary/aromatic N) is 3. The van der Waals surface area contributed by atoms with Crippen molar-refractivity contribution in [2.45, 2.75) is 70.2 Å². The van der Waals surface area contributed by atoms with Crippen molar-refractivity contribution in [1.29, 1.82) is 0 Å². The molecule has 3 fully saturated rings. The number of ether oxygens (including phenoxy) is 1. The van der Waals surface area contributed by atoms with Crippen molar-refractivity contribution >= 4 is 40.2 Å². The van der Waals surface area contributed by atoms with E-state index in [0.717, 1.165) is 4.90 Å². The average molecular weight is 491 g/mol. The smallest absolute Gasteiger partial charge is 0.418 e. The number of hydroxylamine groups is 2. The molecule has 3 N–H and O–H groups in total. The highest BCUT2D eigenvalue weighted by Gasteiger charge is 2.49. The summed E-state index contributed by atoms with van der Waals surface area (Å²) in [6.45, 7) is 4.80. The summed E-state index contributed by atoms with van der Waals surface area (Å²) < 4.78 is 40.2. The van der Waals surface area contributed by atoms with Crippen molar-refractivity contribution < 1.29 is 46.0 Å². The number of hydrogen-bond donors (Lipinski definition) is 3. The third kappa shape index (κ3) is 5.51. The lowest BCUT2D eigenvalue weighted by Crippen LogP contribution is -2.57. The quantitative estimate of drug-likeness (QED) is 0.327. The van der Waals surface area contributed by atoms with Gasteiger partial charge in [0.05, 0.1) is 6.04 Å². The molecule has 0 aliphatic carbocycles. The van der Waals surface area contributed by atoms with Crippen molar-refractivity contribution in [1.82, 2.24) is 25.7 Å². The van der Waals surface area contributed by atoms with Crippen molar-refractivity contribution in [2.24, 2.45) is 0 Å². The maximum Gasteiger partial charge on any atom is 0.418 e. The van der Waals surface area contributed by atoms with E-state index in [0.29, 0.717) is 9.96 Å². The average Bonchev–Trinajstić information content (AvgIpc) is 3.17. The maximum absolute atomic E-state index is 12.6. The minimum atomic E-state index is -4.93. The summed E-state index contributed by atoms with van der Waals surface area (Å²) in [5.41, 5.74) is 3.44. The highest BCUT2D eigenvalue weighted by Crippen LogP contribution is 2.30. The fraction of sp³-hybridized carbons (Fsp3) is 0.706. The highest BCUT2D eigenvalue weighted by atomic mass is 32.3. The summed E-state index contributed by atoms with van der Waals surface area (Å²) in [4.78, 5) is 63.7. The number of nitrogens with one attached hydrogen (secondary N) is 2. The molecule has 3 atom stereocenters. The van der Waals surface area contributed by atoms with Crippen molar-refractivity contribution in [3.63, 3.8) is 0 Å². The molecule has 33 heavy (non-hydrogen) atoms. The summed E-state index contributed by atoms with van der Waals surface area (Å²) in [5, 5.41) is 0.490. The molecule has 0 saturated carbocycles. The number of rotatable bonds is 4. The van der Waals surface area contributed by atoms with Crippen molar-refractivity contribution in [3.8, 4) is 0 Å². The van der Waals surface area contributed by atoms with Crippen LogP contribution in [0.4, 0.5) is 9.59 Å². The molecule has 3 saturated heterocycles. The Hall–Kier alpha value is -2.98. The number of piperidine rings is 1. The van der Waals surface area contributed by atoms with Crippen LogP contribution < -0.4 is 10.9 Å². The summed E-state index contributed by atoms with van der Waals surface area (Å²) in [7, 11) is -4.93. The number of hydrogen-bond acceptors (Lipinski definition) is 9. The van der Waals surface area contributed by atoms with Gasteiger partial charge in [0.2, 0.25) is 5.91 Å². The zero-order valence-electron chi connectivity index (χ0n) is 18.1. The molecule has 0 aromatic rings. The predicted molar refractivity (Wildman–Crippen MR) is 106 cm³/mol. The van der Waals surface area contributed by atoms with E-state index in [-0.39, 0.29) is 32.2 Å². The molecule has 16 heteroatoms. The molecule has 184 valence electrons. The largest absolute Gasteiger partial charge is 0.443 e. The normalized spacial score (nSPS) is 25.3. The summed E-state index contributed by atoms with van der Waals surface area (Å²) in [6.07, 6.45) is -0.655. The Morgan fingerprint density at radius 2 is 1.64 bits per heavy atom. The van der Waals surface area contributed by atoms with Gasteiger partial charge in [0, 0.05) is 13.0 Å². The molecule has 0 aromatic heterocycles. The van der Waals surface area contributed by atoms with E-state index in [9.17, 15) is 32.4 Å². The molecular weight excluding hydrogens is 466 g/mol. The Morgan fingerprint density at radius 3 is 2.21 bits per heavy atom. The topological polar surface area (TPSA) is 192 Å². The zero-order chi connectivity index (χ0) is 24.7. The molecule has 3 rings (SSSR count). The Morgan fingerprint density at radius 1 is 1.03 bits per heavy atom. The third-order valence-corrected chi connectivity index (χ3v) is 5.56. The fourth-order valence-corrected chi connectivity index (χ4v) is 4.25. The van der Waals surface area contributed by atoms with Crippen LogP contribution in [-0.2, 0) is 33.8 Å². The lowest BCUT2D eigenvalue weighted by molar-refractivity contribution is -0.137. The van der Waals surface area contributed by atoms with E-state index >= 15 is 0 Å². The first-order chi connectivity index (χ1) is 15.2. The number of imide groups is 1. The van der Waals surface area contributed by atoms with E-state index in [1.807, 2.05) is 0 Å². The lowest BCUT2D eigenvalue weighted by Gasteiger charge is -2.30. The number of carbonyl (C=O) groups is 5. The molecule has 15 nitrogen and oxygen atoms in total. The first-order valence-electron chi connectivity index (χ1n) is 10.1. The van der Waals surface area contributed by atoms with Gasteiger partial charge in [0.1, 0.15) is 17.7 Å². The van der Waals surface area contributed by atoms with Gasteiger partial charge < -0.3 is 9.64 Å². The first-order valence-corrected chi connectivity index (χ1v) is 11.5. The Kier molecular flexibility index (Phi) is 6.54. The molecule has 0 radical (unpaired) electrons. The maximum atomic E-state index is 12.6. The number of carbonyl (C=O) groups excluding carboxylic acids is 5. The second-order valence-corrected chi connectivity index (χ2v) is 9.79. The van der Waals surface area contributed by atoms with Crippen LogP contribution in [0, 0.1) is 0 Å². The van der Waals surface area contributed by atoms with E-state index < -0.39 is 64.0 Å². The Balaban J connectivity index is 1.59. The fourth-order valence-electron chi connectivity index (χ4n) is 3.87. The molecule has 0 unspecified atom stereocenters. The van der Waals surface area contributed by atoms with Gasteiger partial charge >= 0.3 is 22.5 Å². The van der Waals surface area contributed by atoms with Gasteiger partial charge in [-0.15, -0.1) is 4.28 Å². The molecule has 2 bridgehead atoms. The van der Waals surface area contributed by atoms with Crippen LogP contribution in [0.1, 0.15) is 46.5 Å². The van der Waals surface area contributed by atoms with Gasteiger partial charge in [0.15, 0.2) is 0 Å². The van der Waals surface area contributed by atoms with E-state index in [4.69, 9.17) is 9.29 Å². The summed E-state index contributed by atoms with van der Waals surface area (Å²) in [5.74, 6) is -2.18. The molecular formula is C17H25N5O10S. The molecule has 6 amide bonds. The summed E-state index contributed by atoms with van der Waals surface area (Å²) in [6, 6.07) is -3.84. The Bertz CT molecular complexity index is 977. The van der Waals surface area contributed by atoms with Gasteiger partial charge in [-0.2, -0.15) is 13.5 Å². The van der Waals surface area contributed by atoms with Crippen molar-refractivity contribution in [2.75, 3.05) is 6.54 Å². The number of urea groups is 1. The molecule has 3 aliphatic rings. The second kappa shape index (κ2) is 8.75. The summed E-state index contributed by atoms with van der Waals surface area (Å²) >= 11 is 0. The van der Waals surface area contributed by atoms with Gasteiger partial charge in [-0.25, -0.2) is 14.5 Å². The highest BCUT2D eigenvalue weighted by molar-refractivity contribution is 7.80. The predicted octanol–water partition coefficient (Wildman–Crippen LogP) is -0.937. The van der Waals surface area contributed by atoms with Crippen LogP contribution >= 0.6 is 0 Å². The van der Waals surface area contributed by atoms with Crippen LogP contribution in [0.15, 0.2) is 0 Å². The van der Waals surface area contributed by atoms with E-state index in [1.165, 1.54) is 0 Å². The van der Waals surface area contributed by atoms with Crippen LogP contribution in [0.2, 0.25) is 0 Å².